The highest BCUT2D eigenvalue weighted by molar-refractivity contribution is 5.77. The third-order valence-electron chi connectivity index (χ3n) is 6.53. The highest BCUT2D eigenvalue weighted by atomic mass is 16.5. The molecule has 0 aliphatic carbocycles. The molecule has 2 aliphatic rings. The summed E-state index contributed by atoms with van der Waals surface area (Å²) in [5.41, 5.74) is 3.30. The lowest BCUT2D eigenvalue weighted by Gasteiger charge is -2.33. The summed E-state index contributed by atoms with van der Waals surface area (Å²) in [6.45, 7) is 2.36. The van der Waals surface area contributed by atoms with Crippen LogP contribution in [0.4, 0.5) is 5.82 Å². The van der Waals surface area contributed by atoms with E-state index in [1.165, 1.54) is 12.8 Å². The molecule has 1 fully saturated rings. The lowest BCUT2D eigenvalue weighted by molar-refractivity contribution is -0.132. The van der Waals surface area contributed by atoms with Gasteiger partial charge in [-0.05, 0) is 57.0 Å². The van der Waals surface area contributed by atoms with Gasteiger partial charge in [-0.2, -0.15) is 0 Å². The summed E-state index contributed by atoms with van der Waals surface area (Å²) >= 11 is 0. The van der Waals surface area contributed by atoms with Crippen LogP contribution < -0.4 is 10.1 Å². The number of benzene rings is 1. The highest BCUT2D eigenvalue weighted by Crippen LogP contribution is 2.31. The van der Waals surface area contributed by atoms with Crippen LogP contribution in [-0.4, -0.2) is 60.0 Å². The Morgan fingerprint density at radius 2 is 2.00 bits per heavy atom. The predicted molar refractivity (Wildman–Crippen MR) is 121 cm³/mol. The van der Waals surface area contributed by atoms with Gasteiger partial charge in [-0.15, -0.1) is 0 Å². The molecule has 1 atom stereocenters. The van der Waals surface area contributed by atoms with Crippen molar-refractivity contribution in [1.29, 1.82) is 0 Å². The van der Waals surface area contributed by atoms with Crippen LogP contribution in [0.15, 0.2) is 24.3 Å². The molecule has 31 heavy (non-hydrogen) atoms. The van der Waals surface area contributed by atoms with Gasteiger partial charge in [0.05, 0.1) is 25.4 Å². The fourth-order valence-electron chi connectivity index (χ4n) is 4.62. The summed E-state index contributed by atoms with van der Waals surface area (Å²) in [6.07, 6.45) is 5.55. The average molecular weight is 424 g/mol. The second kappa shape index (κ2) is 9.64. The maximum Gasteiger partial charge on any atom is 0.223 e. The molecule has 7 nitrogen and oxygen atoms in total. The number of amides is 1. The zero-order valence-electron chi connectivity index (χ0n) is 18.9. The molecular formula is C24H33N5O2. The quantitative estimate of drug-likeness (QED) is 0.769. The summed E-state index contributed by atoms with van der Waals surface area (Å²) in [5, 5.41) is 3.27. The Morgan fingerprint density at radius 3 is 2.71 bits per heavy atom. The van der Waals surface area contributed by atoms with Gasteiger partial charge < -0.3 is 15.0 Å². The lowest BCUT2D eigenvalue weighted by atomic mass is 10.0. The van der Waals surface area contributed by atoms with E-state index in [1.807, 2.05) is 36.2 Å². The Balaban J connectivity index is 1.46. The van der Waals surface area contributed by atoms with Gasteiger partial charge in [0.15, 0.2) is 0 Å². The van der Waals surface area contributed by atoms with Crippen molar-refractivity contribution < 1.29 is 9.53 Å². The number of rotatable bonds is 6. The van der Waals surface area contributed by atoms with Gasteiger partial charge in [0.25, 0.3) is 0 Å². The third-order valence-corrected chi connectivity index (χ3v) is 6.53. The highest BCUT2D eigenvalue weighted by Gasteiger charge is 2.29. The van der Waals surface area contributed by atoms with Gasteiger partial charge >= 0.3 is 0 Å². The van der Waals surface area contributed by atoms with Gasteiger partial charge in [-0.25, -0.2) is 9.97 Å². The molecule has 1 aromatic carbocycles. The Labute approximate surface area is 184 Å². The predicted octanol–water partition coefficient (Wildman–Crippen LogP) is 3.20. The Kier molecular flexibility index (Phi) is 6.70. The summed E-state index contributed by atoms with van der Waals surface area (Å²) in [5.74, 6) is 2.83. The number of nitrogens with zero attached hydrogens (tertiary/aromatic N) is 4. The Bertz CT molecular complexity index is 915. The minimum Gasteiger partial charge on any atom is -0.497 e. The number of fused-ring (bicyclic) bond motifs is 1. The van der Waals surface area contributed by atoms with Crippen LogP contribution in [-0.2, 0) is 24.2 Å². The molecule has 1 saturated heterocycles. The maximum atomic E-state index is 12.9. The first kappa shape index (κ1) is 21.6. The van der Waals surface area contributed by atoms with Crippen LogP contribution in [0.2, 0.25) is 0 Å². The zero-order valence-corrected chi connectivity index (χ0v) is 18.9. The number of anilines is 1. The van der Waals surface area contributed by atoms with E-state index < -0.39 is 0 Å². The molecule has 3 heterocycles. The first-order valence-corrected chi connectivity index (χ1v) is 11.3. The molecule has 0 unspecified atom stereocenters. The van der Waals surface area contributed by atoms with Gasteiger partial charge in [0.2, 0.25) is 5.91 Å². The van der Waals surface area contributed by atoms with Crippen molar-refractivity contribution in [3.8, 4) is 5.75 Å². The number of piperidine rings is 1. The smallest absolute Gasteiger partial charge is 0.223 e. The standard InChI is InChI=1S/C24H33N5O2/c1-25-23-19-13-15-29(22(30)12-9-17-7-10-18(31-3)11-8-17)16-20(19)26-24(27-23)21-6-4-5-14-28(21)2/h7-8,10-11,21H,4-6,9,12-16H2,1-3H3,(H,25,26,27)/t21-/m0/s1. The molecule has 1 N–H and O–H groups in total. The van der Waals surface area contributed by atoms with Crippen LogP contribution in [0.25, 0.3) is 0 Å². The second-order valence-corrected chi connectivity index (χ2v) is 8.51. The molecule has 2 aliphatic heterocycles. The number of nitrogens with one attached hydrogen (secondary N) is 1. The maximum absolute atomic E-state index is 12.9. The van der Waals surface area contributed by atoms with Crippen molar-refractivity contribution >= 4 is 11.7 Å². The van der Waals surface area contributed by atoms with E-state index in [1.54, 1.807) is 7.11 Å². The molecule has 0 spiro atoms. The number of aryl methyl sites for hydroxylation is 1. The molecule has 1 amide bonds. The second-order valence-electron chi connectivity index (χ2n) is 8.51. The normalized spacial score (nSPS) is 19.1. The van der Waals surface area contributed by atoms with Gasteiger partial charge in [0.1, 0.15) is 17.4 Å². The van der Waals surface area contributed by atoms with Crippen LogP contribution in [0.3, 0.4) is 0 Å². The fraction of sp³-hybridized carbons (Fsp3) is 0.542. The number of aromatic nitrogens is 2. The van der Waals surface area contributed by atoms with Gasteiger partial charge in [-0.1, -0.05) is 18.6 Å². The van der Waals surface area contributed by atoms with E-state index in [2.05, 4.69) is 17.3 Å². The Morgan fingerprint density at radius 1 is 1.19 bits per heavy atom. The van der Waals surface area contributed by atoms with E-state index in [4.69, 9.17) is 14.7 Å². The Hall–Kier alpha value is -2.67. The molecule has 0 saturated carbocycles. The van der Waals surface area contributed by atoms with Crippen molar-refractivity contribution in [3.63, 3.8) is 0 Å². The molecule has 2 aromatic rings. The molecule has 0 bridgehead atoms. The summed E-state index contributed by atoms with van der Waals surface area (Å²) in [7, 11) is 5.73. The monoisotopic (exact) mass is 423 g/mol. The van der Waals surface area contributed by atoms with E-state index in [0.29, 0.717) is 13.0 Å². The number of carbonyl (C=O) groups excluding carboxylic acids is 1. The van der Waals surface area contributed by atoms with Crippen molar-refractivity contribution in [3.05, 3.63) is 46.9 Å². The molecular weight excluding hydrogens is 390 g/mol. The minimum atomic E-state index is 0.183. The molecule has 0 radical (unpaired) electrons. The molecule has 166 valence electrons. The SMILES string of the molecule is CNc1nc([C@@H]2CCCCN2C)nc2c1CCN(C(=O)CCc1ccc(OC)cc1)C2. The number of likely N-dealkylation sites (tertiary alicyclic amines) is 1. The van der Waals surface area contributed by atoms with Crippen molar-refractivity contribution in [2.45, 2.75) is 51.1 Å². The first-order valence-electron chi connectivity index (χ1n) is 11.3. The van der Waals surface area contributed by atoms with Crippen molar-refractivity contribution in [1.82, 2.24) is 19.8 Å². The largest absolute Gasteiger partial charge is 0.497 e. The van der Waals surface area contributed by atoms with Crippen LogP contribution in [0, 0.1) is 0 Å². The molecule has 1 aromatic heterocycles. The van der Waals surface area contributed by atoms with Crippen molar-refractivity contribution in [2.75, 3.05) is 39.6 Å². The molecule has 7 heteroatoms. The van der Waals surface area contributed by atoms with Crippen molar-refractivity contribution in [2.24, 2.45) is 0 Å². The molecule has 4 rings (SSSR count). The zero-order chi connectivity index (χ0) is 21.8. The number of methoxy groups -OCH3 is 1. The summed E-state index contributed by atoms with van der Waals surface area (Å²) in [4.78, 5) is 27.1. The summed E-state index contributed by atoms with van der Waals surface area (Å²) < 4.78 is 5.21. The van der Waals surface area contributed by atoms with E-state index in [0.717, 1.165) is 66.6 Å². The average Bonchev–Trinajstić information content (AvgIpc) is 2.82. The van der Waals surface area contributed by atoms with E-state index in [9.17, 15) is 4.79 Å². The fourth-order valence-corrected chi connectivity index (χ4v) is 4.62. The number of hydrogen-bond donors (Lipinski definition) is 1. The van der Waals surface area contributed by atoms with E-state index >= 15 is 0 Å². The minimum absolute atomic E-state index is 0.183. The summed E-state index contributed by atoms with van der Waals surface area (Å²) in [6, 6.07) is 8.19. The van der Waals surface area contributed by atoms with Crippen LogP contribution >= 0.6 is 0 Å². The van der Waals surface area contributed by atoms with E-state index in [-0.39, 0.29) is 11.9 Å². The number of ether oxygens (including phenoxy) is 1. The lowest BCUT2D eigenvalue weighted by Crippen LogP contribution is -2.38. The number of carbonyl (C=O) groups is 1. The van der Waals surface area contributed by atoms with Crippen LogP contribution in [0.1, 0.15) is 54.4 Å². The third kappa shape index (κ3) is 4.82. The first-order chi connectivity index (χ1) is 15.1. The topological polar surface area (TPSA) is 70.6 Å². The van der Waals surface area contributed by atoms with Gasteiger partial charge in [-0.3, -0.25) is 9.69 Å². The van der Waals surface area contributed by atoms with Gasteiger partial charge in [0, 0.05) is 25.6 Å². The number of hydrogen-bond acceptors (Lipinski definition) is 6. The van der Waals surface area contributed by atoms with Crippen LogP contribution in [0.5, 0.6) is 5.75 Å².